The van der Waals surface area contributed by atoms with Crippen molar-refractivity contribution in [3.63, 3.8) is 0 Å². The number of hydrogen-bond donors (Lipinski definition) is 1. The molecule has 2 unspecified atom stereocenters. The molecule has 4 rings (SSSR count). The standard InChI is InChI=1S/C16H24S/c1-13-7-8-14-9-11-16(12-10-14)17(13)15-5-3-2-4-6-15/h2-6,13-14,16-17H,7-12H2,1H3. The monoisotopic (exact) mass is 248 g/mol. The van der Waals surface area contributed by atoms with E-state index in [2.05, 4.69) is 37.3 Å². The van der Waals surface area contributed by atoms with Gasteiger partial charge in [0, 0.05) is 0 Å². The van der Waals surface area contributed by atoms with Crippen molar-refractivity contribution in [1.82, 2.24) is 0 Å². The highest BCUT2D eigenvalue weighted by atomic mass is 32.2. The molecular formula is C16H24S. The molecule has 3 fully saturated rings. The quantitative estimate of drug-likeness (QED) is 0.679. The maximum absolute atomic E-state index is 2.51. The van der Waals surface area contributed by atoms with Crippen molar-refractivity contribution in [3.05, 3.63) is 30.3 Å². The van der Waals surface area contributed by atoms with Gasteiger partial charge < -0.3 is 0 Å². The van der Waals surface area contributed by atoms with Gasteiger partial charge in [-0.15, -0.1) is 0 Å². The predicted molar refractivity (Wildman–Crippen MR) is 78.1 cm³/mol. The summed E-state index contributed by atoms with van der Waals surface area (Å²) < 4.78 is 0. The molecule has 1 aliphatic carbocycles. The lowest BCUT2D eigenvalue weighted by Gasteiger charge is -2.43. The van der Waals surface area contributed by atoms with E-state index in [9.17, 15) is 0 Å². The second-order valence-corrected chi connectivity index (χ2v) is 8.79. The van der Waals surface area contributed by atoms with Crippen LogP contribution in [0.2, 0.25) is 0 Å². The number of thiol groups is 1. The fourth-order valence-electron chi connectivity index (χ4n) is 3.75. The van der Waals surface area contributed by atoms with E-state index in [0.717, 1.165) is 16.4 Å². The van der Waals surface area contributed by atoms with Crippen molar-refractivity contribution < 1.29 is 0 Å². The molecule has 1 heteroatoms. The van der Waals surface area contributed by atoms with Gasteiger partial charge in [-0.25, -0.2) is 10.9 Å². The number of fused-ring (bicyclic) bond motifs is 5. The lowest BCUT2D eigenvalue weighted by Crippen LogP contribution is -2.27. The molecule has 3 aliphatic rings. The van der Waals surface area contributed by atoms with E-state index in [1.807, 2.05) is 0 Å². The first kappa shape index (κ1) is 11.6. The zero-order valence-corrected chi connectivity index (χ0v) is 11.7. The number of benzene rings is 1. The lowest BCUT2D eigenvalue weighted by molar-refractivity contribution is 0.328. The van der Waals surface area contributed by atoms with Crippen LogP contribution in [-0.4, -0.2) is 10.5 Å². The Kier molecular flexibility index (Phi) is 3.46. The minimum absolute atomic E-state index is 0.103. The average molecular weight is 248 g/mol. The zero-order valence-electron chi connectivity index (χ0n) is 10.8. The summed E-state index contributed by atoms with van der Waals surface area (Å²) in [6.07, 6.45) is 9.03. The Labute approximate surface area is 108 Å². The maximum atomic E-state index is 2.51. The van der Waals surface area contributed by atoms with Crippen molar-refractivity contribution in [2.75, 3.05) is 0 Å². The highest BCUT2D eigenvalue weighted by Crippen LogP contribution is 2.54. The summed E-state index contributed by atoms with van der Waals surface area (Å²) in [6, 6.07) is 11.4. The van der Waals surface area contributed by atoms with E-state index in [-0.39, 0.29) is 10.9 Å². The summed E-state index contributed by atoms with van der Waals surface area (Å²) >= 11 is 0. The molecule has 1 aromatic carbocycles. The topological polar surface area (TPSA) is 0 Å². The normalized spacial score (nSPS) is 39.6. The van der Waals surface area contributed by atoms with E-state index >= 15 is 0 Å². The molecule has 0 nitrogen and oxygen atoms in total. The summed E-state index contributed by atoms with van der Waals surface area (Å²) in [5.74, 6) is 1.07. The van der Waals surface area contributed by atoms with Crippen LogP contribution in [0.1, 0.15) is 45.4 Å². The third kappa shape index (κ3) is 2.40. The molecule has 94 valence electrons. The maximum Gasteiger partial charge on any atom is -0.00959 e. The molecule has 0 aromatic heterocycles. The summed E-state index contributed by atoms with van der Waals surface area (Å²) in [4.78, 5) is 1.67. The zero-order chi connectivity index (χ0) is 11.7. The minimum Gasteiger partial charge on any atom is -0.221 e. The smallest absolute Gasteiger partial charge is 0.00959 e. The van der Waals surface area contributed by atoms with E-state index in [0.29, 0.717) is 0 Å². The van der Waals surface area contributed by atoms with Crippen LogP contribution in [0.15, 0.2) is 35.2 Å². The molecule has 0 radical (unpaired) electrons. The van der Waals surface area contributed by atoms with Gasteiger partial charge in [0.2, 0.25) is 0 Å². The van der Waals surface area contributed by atoms with E-state index < -0.39 is 0 Å². The number of hydrogen-bond acceptors (Lipinski definition) is 0. The number of rotatable bonds is 1. The van der Waals surface area contributed by atoms with Gasteiger partial charge in [0.05, 0.1) is 0 Å². The fraction of sp³-hybridized carbons (Fsp3) is 0.625. The molecule has 17 heavy (non-hydrogen) atoms. The molecule has 2 atom stereocenters. The van der Waals surface area contributed by atoms with Gasteiger partial charge in [-0.1, -0.05) is 37.3 Å². The lowest BCUT2D eigenvalue weighted by atomic mass is 9.85. The molecule has 1 saturated carbocycles. The minimum atomic E-state index is 0.103. The SMILES string of the molecule is CC1CCC2CCC(CC2)[SH]1c1ccccc1. The Morgan fingerprint density at radius 2 is 1.53 bits per heavy atom. The van der Waals surface area contributed by atoms with Crippen molar-refractivity contribution in [3.8, 4) is 0 Å². The van der Waals surface area contributed by atoms with E-state index in [1.54, 1.807) is 4.90 Å². The summed E-state index contributed by atoms with van der Waals surface area (Å²) in [6.45, 7) is 2.51. The fourth-order valence-corrected chi connectivity index (χ4v) is 7.20. The van der Waals surface area contributed by atoms with Crippen LogP contribution < -0.4 is 0 Å². The van der Waals surface area contributed by atoms with Gasteiger partial charge in [-0.2, -0.15) is 0 Å². The Balaban J connectivity index is 1.89. The third-order valence-electron chi connectivity index (χ3n) is 4.73. The first-order chi connectivity index (χ1) is 8.34. The molecule has 2 bridgehead atoms. The van der Waals surface area contributed by atoms with E-state index in [4.69, 9.17) is 0 Å². The highest BCUT2D eigenvalue weighted by Gasteiger charge is 2.32. The molecule has 2 heterocycles. The Morgan fingerprint density at radius 1 is 0.882 bits per heavy atom. The molecule has 0 amide bonds. The van der Waals surface area contributed by atoms with Gasteiger partial charge >= 0.3 is 0 Å². The average Bonchev–Trinajstić information content (AvgIpc) is 2.37. The van der Waals surface area contributed by atoms with Crippen LogP contribution in [0.4, 0.5) is 0 Å². The first-order valence-electron chi connectivity index (χ1n) is 7.18. The van der Waals surface area contributed by atoms with Crippen LogP contribution in [0.5, 0.6) is 0 Å². The molecule has 0 spiro atoms. The Morgan fingerprint density at radius 3 is 2.24 bits per heavy atom. The highest BCUT2D eigenvalue weighted by molar-refractivity contribution is 8.18. The van der Waals surface area contributed by atoms with Crippen LogP contribution in [0.3, 0.4) is 0 Å². The molecular weight excluding hydrogens is 224 g/mol. The second kappa shape index (κ2) is 5.06. The van der Waals surface area contributed by atoms with Crippen molar-refractivity contribution in [2.45, 2.75) is 60.8 Å². The molecule has 2 saturated heterocycles. The predicted octanol–water partition coefficient (Wildman–Crippen LogP) is 4.79. The first-order valence-corrected chi connectivity index (χ1v) is 8.66. The molecule has 0 N–H and O–H groups in total. The van der Waals surface area contributed by atoms with Crippen LogP contribution >= 0.6 is 10.9 Å². The van der Waals surface area contributed by atoms with Gasteiger partial charge in [0.15, 0.2) is 0 Å². The second-order valence-electron chi connectivity index (χ2n) is 5.84. The van der Waals surface area contributed by atoms with Crippen LogP contribution in [0.25, 0.3) is 0 Å². The van der Waals surface area contributed by atoms with Crippen LogP contribution in [0, 0.1) is 5.92 Å². The van der Waals surface area contributed by atoms with Gasteiger partial charge in [-0.05, 0) is 59.8 Å². The van der Waals surface area contributed by atoms with Gasteiger partial charge in [-0.3, -0.25) is 0 Å². The Hall–Kier alpha value is -0.430. The summed E-state index contributed by atoms with van der Waals surface area (Å²) in [7, 11) is 0.103. The summed E-state index contributed by atoms with van der Waals surface area (Å²) in [5, 5.41) is 1.97. The van der Waals surface area contributed by atoms with Gasteiger partial charge in [0.25, 0.3) is 0 Å². The van der Waals surface area contributed by atoms with Crippen molar-refractivity contribution in [2.24, 2.45) is 5.92 Å². The molecule has 1 aromatic rings. The summed E-state index contributed by atoms with van der Waals surface area (Å²) in [5.41, 5.74) is 0. The van der Waals surface area contributed by atoms with Gasteiger partial charge in [0.1, 0.15) is 0 Å². The third-order valence-corrected chi connectivity index (χ3v) is 8.14. The van der Waals surface area contributed by atoms with Crippen LogP contribution in [-0.2, 0) is 0 Å². The Bertz CT molecular complexity index is 351. The molecule has 2 aliphatic heterocycles. The largest absolute Gasteiger partial charge is 0.221 e. The van der Waals surface area contributed by atoms with E-state index in [1.165, 1.54) is 38.5 Å². The van der Waals surface area contributed by atoms with Crippen molar-refractivity contribution in [1.29, 1.82) is 0 Å². The van der Waals surface area contributed by atoms with Crippen molar-refractivity contribution >= 4 is 10.9 Å².